The van der Waals surface area contributed by atoms with E-state index in [1.165, 1.54) is 0 Å². The Hall–Kier alpha value is -2.14. The third kappa shape index (κ3) is 3.85. The lowest BCUT2D eigenvalue weighted by molar-refractivity contribution is -0.143. The SMILES string of the molecule is CN1CCC[C@@]12CCN(C(CC1CC1)C(=O)N[C@H](C#N)C[C@@H]1CCNC1=O)C2=O. The summed E-state index contributed by atoms with van der Waals surface area (Å²) in [5.74, 6) is 0.0352. The number of hydrogen-bond donors (Lipinski definition) is 2. The van der Waals surface area contributed by atoms with Crippen LogP contribution in [0, 0.1) is 23.2 Å². The summed E-state index contributed by atoms with van der Waals surface area (Å²) in [4.78, 5) is 42.3. The van der Waals surface area contributed by atoms with Crippen LogP contribution in [0.4, 0.5) is 0 Å². The predicted octanol–water partition coefficient (Wildman–Crippen LogP) is 0.386. The number of rotatable bonds is 7. The van der Waals surface area contributed by atoms with E-state index in [1.807, 2.05) is 7.05 Å². The number of likely N-dealkylation sites (N-methyl/N-ethyl adjacent to an activating group) is 1. The summed E-state index contributed by atoms with van der Waals surface area (Å²) in [6.45, 7) is 2.13. The summed E-state index contributed by atoms with van der Waals surface area (Å²) >= 11 is 0. The van der Waals surface area contributed by atoms with Crippen LogP contribution in [0.2, 0.25) is 0 Å². The fourth-order valence-corrected chi connectivity index (χ4v) is 5.29. The van der Waals surface area contributed by atoms with Gasteiger partial charge in [-0.15, -0.1) is 0 Å². The van der Waals surface area contributed by atoms with Crippen molar-refractivity contribution >= 4 is 17.7 Å². The second-order valence-electron chi connectivity index (χ2n) is 9.20. The molecule has 3 heterocycles. The molecule has 8 nitrogen and oxygen atoms in total. The number of likely N-dealkylation sites (tertiary alicyclic amines) is 2. The first kappa shape index (κ1) is 20.1. The van der Waals surface area contributed by atoms with Gasteiger partial charge in [-0.3, -0.25) is 19.3 Å². The van der Waals surface area contributed by atoms with Crippen molar-refractivity contribution in [2.24, 2.45) is 11.8 Å². The number of nitrogens with zero attached hydrogens (tertiary/aromatic N) is 3. The number of hydrogen-bond acceptors (Lipinski definition) is 5. The van der Waals surface area contributed by atoms with Gasteiger partial charge in [-0.25, -0.2) is 0 Å². The van der Waals surface area contributed by atoms with Crippen molar-refractivity contribution in [3.63, 3.8) is 0 Å². The average molecular weight is 402 g/mol. The quantitative estimate of drug-likeness (QED) is 0.642. The molecule has 0 aromatic carbocycles. The molecule has 158 valence electrons. The average Bonchev–Trinajstić information content (AvgIpc) is 3.19. The Balaban J connectivity index is 1.45. The number of nitrogens with one attached hydrogen (secondary N) is 2. The van der Waals surface area contributed by atoms with Crippen LogP contribution in [-0.2, 0) is 14.4 Å². The molecule has 4 atom stereocenters. The first-order valence-corrected chi connectivity index (χ1v) is 10.9. The highest BCUT2D eigenvalue weighted by atomic mass is 16.2. The highest BCUT2D eigenvalue weighted by molar-refractivity contribution is 5.94. The summed E-state index contributed by atoms with van der Waals surface area (Å²) < 4.78 is 0. The second kappa shape index (κ2) is 7.94. The van der Waals surface area contributed by atoms with Crippen molar-refractivity contribution in [2.45, 2.75) is 69.0 Å². The molecular formula is C21H31N5O3. The van der Waals surface area contributed by atoms with Crippen LogP contribution >= 0.6 is 0 Å². The summed E-state index contributed by atoms with van der Waals surface area (Å²) in [5, 5.41) is 15.2. The normalized spacial score (nSPS) is 31.7. The number of nitriles is 1. The van der Waals surface area contributed by atoms with Gasteiger partial charge in [0, 0.05) is 19.0 Å². The predicted molar refractivity (Wildman–Crippen MR) is 105 cm³/mol. The smallest absolute Gasteiger partial charge is 0.243 e. The molecule has 0 aromatic heterocycles. The molecule has 4 rings (SSSR count). The Morgan fingerprint density at radius 2 is 2.07 bits per heavy atom. The summed E-state index contributed by atoms with van der Waals surface area (Å²) in [6, 6.07) is 0.912. The fraction of sp³-hybridized carbons (Fsp3) is 0.810. The van der Waals surface area contributed by atoms with Gasteiger partial charge in [0.25, 0.3) is 0 Å². The van der Waals surface area contributed by atoms with Crippen molar-refractivity contribution in [1.29, 1.82) is 5.26 Å². The Morgan fingerprint density at radius 3 is 2.66 bits per heavy atom. The molecule has 1 unspecified atom stereocenters. The fourth-order valence-electron chi connectivity index (χ4n) is 5.29. The lowest BCUT2D eigenvalue weighted by Crippen LogP contribution is -2.55. The van der Waals surface area contributed by atoms with Gasteiger partial charge in [0.05, 0.1) is 6.07 Å². The van der Waals surface area contributed by atoms with E-state index in [4.69, 9.17) is 0 Å². The monoisotopic (exact) mass is 401 g/mol. The molecule has 2 N–H and O–H groups in total. The van der Waals surface area contributed by atoms with Gasteiger partial charge in [-0.1, -0.05) is 12.8 Å². The van der Waals surface area contributed by atoms with E-state index in [0.717, 1.165) is 38.6 Å². The van der Waals surface area contributed by atoms with Crippen molar-refractivity contribution < 1.29 is 14.4 Å². The van der Waals surface area contributed by atoms with E-state index in [9.17, 15) is 19.6 Å². The molecular weight excluding hydrogens is 370 g/mol. The molecule has 4 fully saturated rings. The van der Waals surface area contributed by atoms with Crippen LogP contribution in [0.25, 0.3) is 0 Å². The molecule has 4 aliphatic rings. The number of amides is 3. The maximum atomic E-state index is 13.4. The van der Waals surface area contributed by atoms with Crippen molar-refractivity contribution in [3.8, 4) is 6.07 Å². The summed E-state index contributed by atoms with van der Waals surface area (Å²) in [5.41, 5.74) is -0.446. The van der Waals surface area contributed by atoms with Gasteiger partial charge >= 0.3 is 0 Å². The molecule has 1 saturated carbocycles. The Kier molecular flexibility index (Phi) is 5.52. The largest absolute Gasteiger partial charge is 0.356 e. The molecule has 3 aliphatic heterocycles. The Bertz CT molecular complexity index is 730. The maximum Gasteiger partial charge on any atom is 0.243 e. The van der Waals surface area contributed by atoms with E-state index >= 15 is 0 Å². The Labute approximate surface area is 172 Å². The van der Waals surface area contributed by atoms with E-state index in [-0.39, 0.29) is 23.6 Å². The molecule has 3 saturated heterocycles. The van der Waals surface area contributed by atoms with Crippen LogP contribution in [0.1, 0.15) is 51.4 Å². The molecule has 0 bridgehead atoms. The molecule has 0 radical (unpaired) electrons. The first-order valence-electron chi connectivity index (χ1n) is 10.9. The second-order valence-corrected chi connectivity index (χ2v) is 9.20. The topological polar surface area (TPSA) is 106 Å². The molecule has 29 heavy (non-hydrogen) atoms. The third-order valence-corrected chi connectivity index (χ3v) is 7.33. The van der Waals surface area contributed by atoms with Crippen molar-refractivity contribution in [2.75, 3.05) is 26.7 Å². The minimum absolute atomic E-state index is 0.0463. The van der Waals surface area contributed by atoms with Crippen LogP contribution < -0.4 is 10.6 Å². The van der Waals surface area contributed by atoms with Gasteiger partial charge in [-0.2, -0.15) is 5.26 Å². The van der Waals surface area contributed by atoms with E-state index in [0.29, 0.717) is 38.3 Å². The minimum atomic E-state index is -0.709. The summed E-state index contributed by atoms with van der Waals surface area (Å²) in [7, 11) is 2.00. The van der Waals surface area contributed by atoms with E-state index < -0.39 is 17.6 Å². The zero-order chi connectivity index (χ0) is 20.6. The van der Waals surface area contributed by atoms with Crippen molar-refractivity contribution in [1.82, 2.24) is 20.4 Å². The van der Waals surface area contributed by atoms with Crippen LogP contribution in [0.15, 0.2) is 0 Å². The number of carbonyl (C=O) groups excluding carboxylic acids is 3. The molecule has 8 heteroatoms. The highest BCUT2D eigenvalue weighted by Crippen LogP contribution is 2.41. The lowest BCUT2D eigenvalue weighted by Gasteiger charge is -2.33. The van der Waals surface area contributed by atoms with Gasteiger partial charge in [-0.05, 0) is 58.0 Å². The standard InChI is InChI=1S/C21H31N5O3/c1-25-9-2-6-21(25)7-10-26(20(21)29)17(11-14-3-4-14)19(28)24-16(13-22)12-15-5-8-23-18(15)27/h14-17H,2-12H2,1H3,(H,23,27)(H,24,28)/t15-,16-,17?,21-/m0/s1. The zero-order valence-electron chi connectivity index (χ0n) is 17.2. The molecule has 1 spiro atoms. The number of carbonyl (C=O) groups is 3. The zero-order valence-corrected chi connectivity index (χ0v) is 17.2. The molecule has 1 aliphatic carbocycles. The molecule has 3 amide bonds. The third-order valence-electron chi connectivity index (χ3n) is 7.33. The van der Waals surface area contributed by atoms with Crippen molar-refractivity contribution in [3.05, 3.63) is 0 Å². The van der Waals surface area contributed by atoms with Gasteiger partial charge in [0.15, 0.2) is 0 Å². The Morgan fingerprint density at radius 1 is 1.28 bits per heavy atom. The van der Waals surface area contributed by atoms with E-state index in [2.05, 4.69) is 21.6 Å². The minimum Gasteiger partial charge on any atom is -0.356 e. The van der Waals surface area contributed by atoms with Gasteiger partial charge < -0.3 is 15.5 Å². The highest BCUT2D eigenvalue weighted by Gasteiger charge is 2.54. The molecule has 0 aromatic rings. The van der Waals surface area contributed by atoms with Crippen LogP contribution in [-0.4, -0.2) is 71.8 Å². The lowest BCUT2D eigenvalue weighted by atomic mass is 9.94. The first-order chi connectivity index (χ1) is 13.9. The van der Waals surface area contributed by atoms with Gasteiger partial charge in [0.1, 0.15) is 17.6 Å². The van der Waals surface area contributed by atoms with Crippen LogP contribution in [0.5, 0.6) is 0 Å². The summed E-state index contributed by atoms with van der Waals surface area (Å²) in [6.07, 6.45) is 6.51. The van der Waals surface area contributed by atoms with E-state index in [1.54, 1.807) is 4.90 Å². The van der Waals surface area contributed by atoms with Gasteiger partial charge in [0.2, 0.25) is 17.7 Å². The maximum absolute atomic E-state index is 13.4. The van der Waals surface area contributed by atoms with Crippen LogP contribution in [0.3, 0.4) is 0 Å².